The maximum atomic E-state index is 14.0. The molecule has 414 valence electrons. The molecule has 14 heteroatoms. The van der Waals surface area contributed by atoms with E-state index < -0.39 is 7.26 Å². The number of pyridine rings is 2. The van der Waals surface area contributed by atoms with E-state index in [-0.39, 0.29) is 40.8 Å². The van der Waals surface area contributed by atoms with E-state index in [1.165, 1.54) is 38.2 Å². The molecular formula is C68H66BrN8O3PS. The lowest BCUT2D eigenvalue weighted by atomic mass is 9.82. The van der Waals surface area contributed by atoms with Crippen LogP contribution in [0.15, 0.2) is 213 Å². The number of hydrogen-bond acceptors (Lipinski definition) is 10. The van der Waals surface area contributed by atoms with Gasteiger partial charge in [-0.05, 0) is 131 Å². The molecule has 3 aromatic heterocycles. The first-order chi connectivity index (χ1) is 39.5. The van der Waals surface area contributed by atoms with Crippen molar-refractivity contribution in [3.05, 3.63) is 241 Å². The number of carbonyl (C=O) groups excluding carboxylic acids is 2. The third-order valence-corrected chi connectivity index (χ3v) is 21.0. The van der Waals surface area contributed by atoms with Crippen molar-refractivity contribution >= 4 is 73.6 Å². The third kappa shape index (κ3) is 12.5. The maximum absolute atomic E-state index is 14.0. The van der Waals surface area contributed by atoms with Crippen molar-refractivity contribution in [2.45, 2.75) is 32.2 Å². The van der Waals surface area contributed by atoms with Crippen molar-refractivity contribution in [3.63, 3.8) is 0 Å². The number of methoxy groups -OCH3 is 1. The largest absolute Gasteiger partial charge is 1.00 e. The second-order valence-electron chi connectivity index (χ2n) is 21.0. The molecule has 11 rings (SSSR count). The predicted molar refractivity (Wildman–Crippen MR) is 336 cm³/mol. The minimum atomic E-state index is -2.10. The zero-order valence-electron chi connectivity index (χ0n) is 46.6. The van der Waals surface area contributed by atoms with Crippen LogP contribution in [0.3, 0.4) is 0 Å². The van der Waals surface area contributed by atoms with Crippen LogP contribution in [0.5, 0.6) is 5.75 Å². The molecule has 0 saturated heterocycles. The van der Waals surface area contributed by atoms with Crippen molar-refractivity contribution in [1.29, 1.82) is 0 Å². The topological polar surface area (TPSA) is 125 Å². The Hall–Kier alpha value is -8.06. The van der Waals surface area contributed by atoms with E-state index in [0.717, 1.165) is 75.8 Å². The summed E-state index contributed by atoms with van der Waals surface area (Å²) in [5.41, 5.74) is 11.5. The minimum Gasteiger partial charge on any atom is -1.00 e. The molecule has 0 fully saturated rings. The number of halogens is 1. The number of rotatable bonds is 22. The molecule has 0 radical (unpaired) electrons. The number of amides is 2. The standard InChI is InChI=1S/C68H65N8O3PS.BrH/c1-68(2)59-42-49(67-74-62-32-27-48(43-64(62)81-67)66(78)72-38-41-80(54-20-8-5-9-21-54,55-22-10-6-11-23-55)56-24-12-7-13-25-56)26-30-57(59)58-31-29-53(45-60(58)68)75(3)47-65(77)73-51-28-33-61(63(44-51)79-4)71-37-40-76(46-52-19-15-17-36-70-52)39-34-50-18-14-16-35-69-50;/h5-33,35-36,42-45,71H,34,37-41,46-47H2,1-4H3,(H-,72,73,77,78);1H. The Morgan fingerprint density at radius 1 is 0.659 bits per heavy atom. The fourth-order valence-corrected chi connectivity index (χ4v) is 16.3. The Bertz CT molecular complexity index is 3700. The number of fused-ring (bicyclic) bond motifs is 4. The summed E-state index contributed by atoms with van der Waals surface area (Å²) >= 11 is 1.61. The van der Waals surface area contributed by atoms with Gasteiger partial charge in [0.15, 0.2) is 0 Å². The van der Waals surface area contributed by atoms with Crippen LogP contribution >= 0.6 is 18.6 Å². The molecule has 7 aromatic carbocycles. The minimum absolute atomic E-state index is 0. The molecule has 0 aliphatic heterocycles. The van der Waals surface area contributed by atoms with Crippen LogP contribution in [-0.2, 0) is 23.2 Å². The highest BCUT2D eigenvalue weighted by molar-refractivity contribution is 7.95. The molecule has 0 atom stereocenters. The van der Waals surface area contributed by atoms with Crippen molar-refractivity contribution in [2.75, 3.05) is 68.6 Å². The SMILES string of the molecule is COc1cc(NC(=O)CN(C)c2ccc3c(c2)C(C)(C)c2cc(-c4nc5ccc(C(=O)NCC[P+](c6ccccc6)(c6ccccc6)c6ccccc6)cc5s4)ccc2-3)ccc1NCCN(CCc1ccccn1)Cc1ccccn1.[Br-]. The summed E-state index contributed by atoms with van der Waals surface area (Å²) < 4.78 is 6.76. The van der Waals surface area contributed by atoms with Crippen LogP contribution in [0.25, 0.3) is 31.9 Å². The van der Waals surface area contributed by atoms with Gasteiger partial charge in [0, 0.05) is 91.7 Å². The van der Waals surface area contributed by atoms with Crippen molar-refractivity contribution in [1.82, 2.24) is 25.2 Å². The summed E-state index contributed by atoms with van der Waals surface area (Å²) in [7, 11) is 1.50. The molecule has 3 heterocycles. The van der Waals surface area contributed by atoms with Gasteiger partial charge in [0.1, 0.15) is 33.9 Å². The normalized spacial score (nSPS) is 12.3. The van der Waals surface area contributed by atoms with Crippen LogP contribution in [0.2, 0.25) is 0 Å². The van der Waals surface area contributed by atoms with E-state index in [0.29, 0.717) is 30.1 Å². The fourth-order valence-electron chi connectivity index (χ4n) is 11.2. The number of likely N-dealkylation sites (N-methyl/N-ethyl adjacent to an activating group) is 1. The molecule has 1 aliphatic rings. The molecule has 0 unspecified atom stereocenters. The Kier molecular flexibility index (Phi) is 18.0. The van der Waals surface area contributed by atoms with Crippen LogP contribution in [-0.4, -0.2) is 84.7 Å². The quantitative estimate of drug-likeness (QED) is 0.0571. The molecule has 0 bridgehead atoms. The molecule has 0 saturated carbocycles. The highest BCUT2D eigenvalue weighted by Crippen LogP contribution is 2.55. The third-order valence-electron chi connectivity index (χ3n) is 15.5. The van der Waals surface area contributed by atoms with Gasteiger partial charge in [0.2, 0.25) is 5.91 Å². The number of hydrogen-bond donors (Lipinski definition) is 3. The van der Waals surface area contributed by atoms with Gasteiger partial charge in [0.05, 0.1) is 48.0 Å². The molecule has 2 amide bonds. The Balaban J connectivity index is 0.00000753. The van der Waals surface area contributed by atoms with Crippen LogP contribution < -0.4 is 58.5 Å². The molecule has 10 aromatic rings. The number of ether oxygens (including phenoxy) is 1. The number of nitrogens with zero attached hydrogens (tertiary/aromatic N) is 5. The van der Waals surface area contributed by atoms with Gasteiger partial charge in [-0.1, -0.05) is 98.8 Å². The highest BCUT2D eigenvalue weighted by atomic mass is 79.9. The Labute approximate surface area is 496 Å². The summed E-state index contributed by atoms with van der Waals surface area (Å²) in [5, 5.41) is 14.7. The van der Waals surface area contributed by atoms with Gasteiger partial charge in [-0.3, -0.25) is 24.5 Å². The summed E-state index contributed by atoms with van der Waals surface area (Å²) in [6.07, 6.45) is 5.29. The second kappa shape index (κ2) is 25.8. The lowest BCUT2D eigenvalue weighted by Crippen LogP contribution is -3.00. The van der Waals surface area contributed by atoms with E-state index in [2.05, 4.69) is 184 Å². The molecule has 0 spiro atoms. The maximum Gasteiger partial charge on any atom is 0.251 e. The first-order valence-electron chi connectivity index (χ1n) is 27.5. The Morgan fingerprint density at radius 2 is 1.29 bits per heavy atom. The fraction of sp³-hybridized carbons (Fsp3) is 0.191. The number of anilines is 3. The van der Waals surface area contributed by atoms with Crippen LogP contribution in [0, 0.1) is 0 Å². The zero-order valence-corrected chi connectivity index (χ0v) is 49.9. The molecule has 82 heavy (non-hydrogen) atoms. The lowest BCUT2D eigenvalue weighted by Gasteiger charge is -2.27. The molecule has 1 aliphatic carbocycles. The monoisotopic (exact) mass is 1180 g/mol. The van der Waals surface area contributed by atoms with Crippen LogP contribution in [0.1, 0.15) is 46.7 Å². The second-order valence-corrected chi connectivity index (χ2v) is 25.7. The van der Waals surface area contributed by atoms with Crippen molar-refractivity contribution < 1.29 is 31.3 Å². The van der Waals surface area contributed by atoms with Crippen LogP contribution in [0.4, 0.5) is 17.1 Å². The van der Waals surface area contributed by atoms with Gasteiger partial charge in [-0.15, -0.1) is 11.3 Å². The summed E-state index contributed by atoms with van der Waals surface area (Å²) in [6, 6.07) is 69.0. The lowest BCUT2D eigenvalue weighted by molar-refractivity contribution is -0.114. The average molecular weight is 1190 g/mol. The number of aromatic nitrogens is 3. The molecule has 11 nitrogen and oxygen atoms in total. The molecule has 3 N–H and O–H groups in total. The smallest absolute Gasteiger partial charge is 0.251 e. The summed E-state index contributed by atoms with van der Waals surface area (Å²) in [6.45, 7) is 8.24. The summed E-state index contributed by atoms with van der Waals surface area (Å²) in [4.78, 5) is 46.1. The number of carbonyl (C=O) groups is 2. The highest BCUT2D eigenvalue weighted by Gasteiger charge is 2.45. The van der Waals surface area contributed by atoms with E-state index in [4.69, 9.17) is 9.72 Å². The Morgan fingerprint density at radius 3 is 1.94 bits per heavy atom. The summed E-state index contributed by atoms with van der Waals surface area (Å²) in [5.74, 6) is 0.415. The number of nitrogens with one attached hydrogen (secondary N) is 3. The van der Waals surface area contributed by atoms with Gasteiger partial charge < -0.3 is 42.6 Å². The van der Waals surface area contributed by atoms with E-state index in [1.807, 2.05) is 85.0 Å². The predicted octanol–water partition coefficient (Wildman–Crippen LogP) is 9.03. The van der Waals surface area contributed by atoms with Gasteiger partial charge in [-0.25, -0.2) is 4.98 Å². The van der Waals surface area contributed by atoms with Crippen molar-refractivity contribution in [3.8, 4) is 27.4 Å². The number of benzene rings is 7. The van der Waals surface area contributed by atoms with E-state index in [1.54, 1.807) is 18.4 Å². The van der Waals surface area contributed by atoms with E-state index in [9.17, 15) is 9.59 Å². The first kappa shape index (κ1) is 57.2. The first-order valence-corrected chi connectivity index (χ1v) is 30.3. The van der Waals surface area contributed by atoms with Gasteiger partial charge in [-0.2, -0.15) is 0 Å². The molecular weight excluding hydrogens is 1120 g/mol. The van der Waals surface area contributed by atoms with E-state index >= 15 is 0 Å². The van der Waals surface area contributed by atoms with Gasteiger partial charge >= 0.3 is 0 Å². The van der Waals surface area contributed by atoms with Gasteiger partial charge in [0.25, 0.3) is 5.91 Å². The number of thiazole rings is 1. The van der Waals surface area contributed by atoms with Crippen molar-refractivity contribution in [2.24, 2.45) is 0 Å². The zero-order chi connectivity index (χ0) is 55.8. The average Bonchev–Trinajstić information content (AvgIpc) is 3.48.